The predicted molar refractivity (Wildman–Crippen MR) is 271 cm³/mol. The fraction of sp³-hybridized carbons (Fsp3) is 0.115. The molecule has 2 heterocycles. The summed E-state index contributed by atoms with van der Waals surface area (Å²) < 4.78 is 13.1. The zero-order chi connectivity index (χ0) is 43.5. The summed E-state index contributed by atoms with van der Waals surface area (Å²) in [6, 6.07) is 74.4. The Balaban J connectivity index is 0.895. The lowest BCUT2D eigenvalue weighted by Crippen LogP contribution is -2.34. The van der Waals surface area contributed by atoms with Gasteiger partial charge in [-0.05, 0) is 173 Å². The Morgan fingerprint density at radius 2 is 0.600 bits per heavy atom. The molecule has 0 aromatic heterocycles. The topological polar surface area (TPSA) is 43.2 Å². The summed E-state index contributed by atoms with van der Waals surface area (Å²) in [7, 11) is 0. The summed E-state index contributed by atoms with van der Waals surface area (Å²) in [5.41, 5.74) is 10.8. The van der Waals surface area contributed by atoms with Crippen molar-refractivity contribution in [3.63, 3.8) is 0 Å². The largest absolute Gasteiger partial charge is 0.478 e. The van der Waals surface area contributed by atoms with Crippen LogP contribution in [0.5, 0.6) is 0 Å². The van der Waals surface area contributed by atoms with E-state index in [9.17, 15) is 0 Å². The molecule has 2 atom stereocenters. The number of hydrogen-bond acceptors (Lipinski definition) is 4. The highest BCUT2D eigenvalue weighted by Crippen LogP contribution is 2.41. The molecule has 0 spiro atoms. The van der Waals surface area contributed by atoms with Crippen molar-refractivity contribution in [2.24, 2.45) is 15.4 Å². The third kappa shape index (κ3) is 7.31. The van der Waals surface area contributed by atoms with Gasteiger partial charge in [-0.25, -0.2) is 9.98 Å². The second-order valence-corrected chi connectivity index (χ2v) is 18.1. The molecule has 10 aromatic rings. The van der Waals surface area contributed by atoms with Crippen LogP contribution >= 0.6 is 0 Å². The molecule has 4 heteroatoms. The smallest absolute Gasteiger partial charge is 0.199 e. The van der Waals surface area contributed by atoms with Gasteiger partial charge in [0, 0.05) is 0 Å². The third-order valence-corrected chi connectivity index (χ3v) is 13.4. The van der Waals surface area contributed by atoms with E-state index < -0.39 is 5.41 Å². The molecule has 4 nitrogen and oxygen atoms in total. The minimum Gasteiger partial charge on any atom is -0.478 e. The average molecular weight is 839 g/mol. The number of rotatable bonds is 8. The number of nitrogens with zero attached hydrogens (tertiary/aromatic N) is 2. The van der Waals surface area contributed by atoms with E-state index >= 15 is 0 Å². The van der Waals surface area contributed by atoms with Gasteiger partial charge < -0.3 is 9.47 Å². The first-order valence-electron chi connectivity index (χ1n) is 22.6. The van der Waals surface area contributed by atoms with Crippen LogP contribution in [0, 0.1) is 5.41 Å². The van der Waals surface area contributed by atoms with Crippen LogP contribution < -0.4 is 0 Å². The van der Waals surface area contributed by atoms with Crippen molar-refractivity contribution < 1.29 is 9.47 Å². The minimum atomic E-state index is -0.683. The number of benzene rings is 10. The zero-order valence-electron chi connectivity index (χ0n) is 36.4. The van der Waals surface area contributed by atoms with Crippen LogP contribution in [0.2, 0.25) is 0 Å². The molecule has 2 aliphatic rings. The Labute approximate surface area is 379 Å². The van der Waals surface area contributed by atoms with Gasteiger partial charge in [0.1, 0.15) is 30.7 Å². The lowest BCUT2D eigenvalue weighted by molar-refractivity contribution is 0.265. The Kier molecular flexibility index (Phi) is 9.41. The first kappa shape index (κ1) is 38.8. The van der Waals surface area contributed by atoms with Gasteiger partial charge in [0.05, 0.1) is 0 Å². The normalized spacial score (nSPS) is 16.2. The molecule has 65 heavy (non-hydrogen) atoms. The molecule has 0 saturated heterocycles. The van der Waals surface area contributed by atoms with Crippen LogP contribution in [0.4, 0.5) is 0 Å². The van der Waals surface area contributed by atoms with Gasteiger partial charge in [0.25, 0.3) is 0 Å². The minimum absolute atomic E-state index is 0.190. The predicted octanol–water partition coefficient (Wildman–Crippen LogP) is 15.6. The Morgan fingerprint density at radius 3 is 0.892 bits per heavy atom. The summed E-state index contributed by atoms with van der Waals surface area (Å²) in [6.45, 7) is 5.12. The summed E-state index contributed by atoms with van der Waals surface area (Å²) in [6.07, 6.45) is 0. The number of aliphatic imine (C=N–C) groups is 2. The van der Waals surface area contributed by atoms with Gasteiger partial charge in [-0.2, -0.15) is 0 Å². The van der Waals surface area contributed by atoms with E-state index in [1.165, 1.54) is 65.3 Å². The number of fused-ring (bicyclic) bond motifs is 4. The summed E-state index contributed by atoms with van der Waals surface area (Å²) in [5, 5.41) is 9.78. The average Bonchev–Trinajstić information content (AvgIpc) is 4.09. The molecule has 0 radical (unpaired) electrons. The molecule has 0 saturated carbocycles. The quantitative estimate of drug-likeness (QED) is 0.153. The molecule has 12 rings (SSSR count). The van der Waals surface area contributed by atoms with E-state index in [0.717, 1.165) is 33.4 Å². The van der Waals surface area contributed by atoms with Crippen LogP contribution in [-0.2, 0) is 9.47 Å². The van der Waals surface area contributed by atoms with Gasteiger partial charge in [-0.15, -0.1) is 0 Å². The van der Waals surface area contributed by atoms with Gasteiger partial charge in [-0.3, -0.25) is 0 Å². The van der Waals surface area contributed by atoms with E-state index in [0.29, 0.717) is 25.0 Å². The summed E-state index contributed by atoms with van der Waals surface area (Å²) in [5.74, 6) is 1.29. The first-order chi connectivity index (χ1) is 31.9. The highest BCUT2D eigenvalue weighted by molar-refractivity contribution is 6.05. The highest BCUT2D eigenvalue weighted by atomic mass is 16.5. The van der Waals surface area contributed by atoms with Crippen LogP contribution in [0.1, 0.15) is 37.1 Å². The van der Waals surface area contributed by atoms with Crippen LogP contribution in [0.25, 0.3) is 87.6 Å². The molecule has 0 aliphatic carbocycles. The molecule has 0 amide bonds. The second kappa shape index (κ2) is 15.8. The molecular weight excluding hydrogens is 793 g/mol. The molecule has 312 valence electrons. The standard InChI is InChI=1S/C61H46N2O2/c1-61(2,59-62-57(37-64-59)55-33-51(47-23-19-39-11-3-7-15-43(39)27-47)31-52(34-55)48-24-20-40-12-4-8-16-44(40)28-48)60-63-58(38-65-60)56-35-53(49-25-21-41-13-5-9-17-45(41)29-49)32-54(36-56)50-26-22-42-14-6-10-18-46(42)30-50/h3-36,57-58H,37-38H2,1-2H3. The van der Waals surface area contributed by atoms with E-state index in [1.807, 2.05) is 0 Å². The number of ether oxygens (including phenoxy) is 2. The molecular formula is C61H46N2O2. The highest BCUT2D eigenvalue weighted by Gasteiger charge is 2.42. The van der Waals surface area contributed by atoms with Crippen molar-refractivity contribution in [2.75, 3.05) is 13.2 Å². The van der Waals surface area contributed by atoms with Crippen molar-refractivity contribution >= 4 is 54.9 Å². The summed E-state index contributed by atoms with van der Waals surface area (Å²) in [4.78, 5) is 10.7. The van der Waals surface area contributed by atoms with Crippen LogP contribution in [0.15, 0.2) is 216 Å². The van der Waals surface area contributed by atoms with E-state index in [2.05, 4.69) is 220 Å². The Hall–Kier alpha value is -7.82. The van der Waals surface area contributed by atoms with Gasteiger partial charge >= 0.3 is 0 Å². The molecule has 0 fully saturated rings. The van der Waals surface area contributed by atoms with Crippen molar-refractivity contribution in [1.29, 1.82) is 0 Å². The maximum Gasteiger partial charge on any atom is 0.199 e. The number of hydrogen-bond donors (Lipinski definition) is 0. The fourth-order valence-electron chi connectivity index (χ4n) is 9.69. The molecule has 0 bridgehead atoms. The lowest BCUT2D eigenvalue weighted by atomic mass is 9.91. The van der Waals surface area contributed by atoms with Crippen molar-refractivity contribution in [3.05, 3.63) is 217 Å². The van der Waals surface area contributed by atoms with E-state index in [4.69, 9.17) is 19.5 Å². The molecule has 0 N–H and O–H groups in total. The van der Waals surface area contributed by atoms with Gasteiger partial charge in [0.2, 0.25) is 0 Å². The van der Waals surface area contributed by atoms with Gasteiger partial charge in [0.15, 0.2) is 11.8 Å². The Morgan fingerprint density at radius 1 is 0.323 bits per heavy atom. The monoisotopic (exact) mass is 838 g/mol. The SMILES string of the molecule is CC(C)(C1=NC(c2cc(-c3ccc4ccccc4c3)cc(-c3ccc4ccccc4c3)c2)CO1)C1=NC(c2cc(-c3ccc4ccccc4c3)cc(-c3ccc4ccccc4c3)c2)CO1. The summed E-state index contributed by atoms with van der Waals surface area (Å²) >= 11 is 0. The zero-order valence-corrected chi connectivity index (χ0v) is 36.4. The van der Waals surface area contributed by atoms with E-state index in [1.54, 1.807) is 0 Å². The van der Waals surface area contributed by atoms with Crippen molar-refractivity contribution in [1.82, 2.24) is 0 Å². The van der Waals surface area contributed by atoms with Crippen molar-refractivity contribution in [3.8, 4) is 44.5 Å². The van der Waals surface area contributed by atoms with E-state index in [-0.39, 0.29) is 12.1 Å². The molecule has 10 aromatic carbocycles. The Bertz CT molecular complexity index is 3130. The third-order valence-electron chi connectivity index (χ3n) is 13.4. The fourth-order valence-corrected chi connectivity index (χ4v) is 9.69. The van der Waals surface area contributed by atoms with Crippen LogP contribution in [-0.4, -0.2) is 25.0 Å². The maximum atomic E-state index is 6.56. The van der Waals surface area contributed by atoms with Crippen LogP contribution in [0.3, 0.4) is 0 Å². The first-order valence-corrected chi connectivity index (χ1v) is 22.6. The lowest BCUT2D eigenvalue weighted by Gasteiger charge is -2.22. The maximum absolute atomic E-state index is 6.56. The molecule has 2 aliphatic heterocycles. The second-order valence-electron chi connectivity index (χ2n) is 18.1. The van der Waals surface area contributed by atoms with Gasteiger partial charge in [-0.1, -0.05) is 146 Å². The molecule has 2 unspecified atom stereocenters. The van der Waals surface area contributed by atoms with Crippen molar-refractivity contribution in [2.45, 2.75) is 25.9 Å².